The van der Waals surface area contributed by atoms with Crippen LogP contribution in [-0.2, 0) is 19.5 Å². The Morgan fingerprint density at radius 2 is 2.26 bits per heavy atom. The third-order valence-electron chi connectivity index (χ3n) is 3.17. The number of aromatic nitrogens is 3. The molecule has 19 heavy (non-hydrogen) atoms. The molecule has 2 heterocycles. The summed E-state index contributed by atoms with van der Waals surface area (Å²) >= 11 is 1.82. The van der Waals surface area contributed by atoms with Crippen LogP contribution >= 0.6 is 11.8 Å². The molecule has 0 unspecified atom stereocenters. The third kappa shape index (κ3) is 3.86. The summed E-state index contributed by atoms with van der Waals surface area (Å²) < 4.78 is 2.23. The van der Waals surface area contributed by atoms with Crippen LogP contribution in [0.2, 0.25) is 0 Å². The van der Waals surface area contributed by atoms with Crippen LogP contribution in [0.15, 0.2) is 4.99 Å². The highest BCUT2D eigenvalue weighted by Gasteiger charge is 2.15. The minimum Gasteiger partial charge on any atom is -0.356 e. The molecule has 0 saturated carbocycles. The predicted molar refractivity (Wildman–Crippen MR) is 79.5 cm³/mol. The summed E-state index contributed by atoms with van der Waals surface area (Å²) in [5.41, 5.74) is 0. The van der Waals surface area contributed by atoms with E-state index in [9.17, 15) is 0 Å². The molecule has 6 nitrogen and oxygen atoms in total. The quantitative estimate of drug-likeness (QED) is 0.471. The Morgan fingerprint density at radius 3 is 3.05 bits per heavy atom. The fourth-order valence-electron chi connectivity index (χ4n) is 2.15. The van der Waals surface area contributed by atoms with E-state index in [-0.39, 0.29) is 0 Å². The molecule has 106 valence electrons. The van der Waals surface area contributed by atoms with Crippen molar-refractivity contribution in [3.05, 3.63) is 11.6 Å². The number of rotatable bonds is 5. The van der Waals surface area contributed by atoms with Gasteiger partial charge >= 0.3 is 0 Å². The van der Waals surface area contributed by atoms with Crippen LogP contribution in [0.4, 0.5) is 0 Å². The van der Waals surface area contributed by atoms with Crippen LogP contribution in [0.25, 0.3) is 0 Å². The van der Waals surface area contributed by atoms with Gasteiger partial charge in [0.2, 0.25) is 0 Å². The van der Waals surface area contributed by atoms with Gasteiger partial charge < -0.3 is 15.2 Å². The Hall–Kier alpha value is -1.24. The van der Waals surface area contributed by atoms with Gasteiger partial charge in [-0.25, -0.2) is 0 Å². The van der Waals surface area contributed by atoms with Crippen LogP contribution in [-0.4, -0.2) is 46.3 Å². The van der Waals surface area contributed by atoms with Crippen molar-refractivity contribution >= 4 is 17.7 Å². The second-order valence-electron chi connectivity index (χ2n) is 4.49. The van der Waals surface area contributed by atoms with Gasteiger partial charge in [-0.3, -0.25) is 4.99 Å². The molecule has 0 bridgehead atoms. The molecule has 1 aliphatic rings. The summed E-state index contributed by atoms with van der Waals surface area (Å²) in [6, 6.07) is 0. The first-order valence-electron chi connectivity index (χ1n) is 6.69. The molecule has 0 fully saturated rings. The summed E-state index contributed by atoms with van der Waals surface area (Å²) in [6.45, 7) is 2.63. The van der Waals surface area contributed by atoms with E-state index in [0.717, 1.165) is 42.9 Å². The molecular weight excluding hydrogens is 260 g/mol. The van der Waals surface area contributed by atoms with Gasteiger partial charge in [0.25, 0.3) is 0 Å². The van der Waals surface area contributed by atoms with E-state index in [1.807, 2.05) is 11.8 Å². The molecular formula is C12H22N6S. The van der Waals surface area contributed by atoms with Crippen molar-refractivity contribution in [3.8, 4) is 0 Å². The molecule has 1 aromatic heterocycles. The topological polar surface area (TPSA) is 67.1 Å². The highest BCUT2D eigenvalue weighted by atomic mass is 32.2. The van der Waals surface area contributed by atoms with Crippen molar-refractivity contribution in [2.24, 2.45) is 4.99 Å². The lowest BCUT2D eigenvalue weighted by Crippen LogP contribution is -2.38. The highest BCUT2D eigenvalue weighted by Crippen LogP contribution is 2.13. The molecule has 1 aromatic rings. The number of hydrogen-bond acceptors (Lipinski definition) is 4. The van der Waals surface area contributed by atoms with E-state index in [2.05, 4.69) is 36.6 Å². The molecule has 1 aliphatic heterocycles. The Kier molecular flexibility index (Phi) is 5.50. The fraction of sp³-hybridized carbons (Fsp3) is 0.750. The molecule has 0 radical (unpaired) electrons. The molecule has 2 N–H and O–H groups in total. The number of aliphatic imine (C=N–C) groups is 1. The lowest BCUT2D eigenvalue weighted by Gasteiger charge is -2.16. The first-order valence-corrected chi connectivity index (χ1v) is 8.09. The first kappa shape index (κ1) is 14.2. The molecule has 0 atom stereocenters. The molecule has 0 aromatic carbocycles. The van der Waals surface area contributed by atoms with Crippen molar-refractivity contribution in [2.45, 2.75) is 32.4 Å². The maximum absolute atomic E-state index is 4.26. The van der Waals surface area contributed by atoms with Crippen molar-refractivity contribution in [2.75, 3.05) is 25.6 Å². The predicted octanol–water partition coefficient (Wildman–Crippen LogP) is 0.642. The Morgan fingerprint density at radius 1 is 1.37 bits per heavy atom. The van der Waals surface area contributed by atoms with E-state index in [4.69, 9.17) is 0 Å². The second kappa shape index (κ2) is 7.37. The highest BCUT2D eigenvalue weighted by molar-refractivity contribution is 7.98. The number of guanidine groups is 1. The van der Waals surface area contributed by atoms with E-state index < -0.39 is 0 Å². The average molecular weight is 282 g/mol. The molecule has 0 amide bonds. The zero-order chi connectivity index (χ0) is 13.5. The minimum absolute atomic E-state index is 0.673. The Bertz CT molecular complexity index is 428. The van der Waals surface area contributed by atoms with Crippen LogP contribution in [0.3, 0.4) is 0 Å². The van der Waals surface area contributed by atoms with E-state index >= 15 is 0 Å². The van der Waals surface area contributed by atoms with Gasteiger partial charge in [-0.05, 0) is 19.1 Å². The van der Waals surface area contributed by atoms with E-state index in [0.29, 0.717) is 6.54 Å². The Labute approximate surface area is 118 Å². The summed E-state index contributed by atoms with van der Waals surface area (Å²) in [4.78, 5) is 4.20. The number of hydrogen-bond donors (Lipinski definition) is 2. The lowest BCUT2D eigenvalue weighted by atomic mass is 10.2. The summed E-state index contributed by atoms with van der Waals surface area (Å²) in [5.74, 6) is 4.01. The largest absolute Gasteiger partial charge is 0.356 e. The standard InChI is InChI=1S/C12H22N6S/c1-13-12(14-6-8-19-2)15-9-11-17-16-10-5-3-4-7-18(10)11/h3-9H2,1-2H3,(H2,13,14,15). The zero-order valence-corrected chi connectivity index (χ0v) is 12.5. The van der Waals surface area contributed by atoms with Crippen molar-refractivity contribution < 1.29 is 0 Å². The second-order valence-corrected chi connectivity index (χ2v) is 5.47. The van der Waals surface area contributed by atoms with Gasteiger partial charge in [-0.2, -0.15) is 11.8 Å². The lowest BCUT2D eigenvalue weighted by molar-refractivity contribution is 0.504. The van der Waals surface area contributed by atoms with Gasteiger partial charge in [-0.15, -0.1) is 10.2 Å². The van der Waals surface area contributed by atoms with Crippen LogP contribution in [0.1, 0.15) is 24.5 Å². The average Bonchev–Trinajstić information content (AvgIpc) is 2.86. The number of thioether (sulfide) groups is 1. The van der Waals surface area contributed by atoms with E-state index in [1.165, 1.54) is 12.8 Å². The third-order valence-corrected chi connectivity index (χ3v) is 3.78. The molecule has 0 saturated heterocycles. The maximum Gasteiger partial charge on any atom is 0.191 e. The molecule has 0 spiro atoms. The van der Waals surface area contributed by atoms with Crippen molar-refractivity contribution in [1.29, 1.82) is 0 Å². The van der Waals surface area contributed by atoms with Crippen LogP contribution in [0.5, 0.6) is 0 Å². The first-order chi connectivity index (χ1) is 9.35. The monoisotopic (exact) mass is 282 g/mol. The minimum atomic E-state index is 0.673. The number of nitrogens with zero attached hydrogens (tertiary/aromatic N) is 4. The maximum atomic E-state index is 4.26. The smallest absolute Gasteiger partial charge is 0.191 e. The van der Waals surface area contributed by atoms with Gasteiger partial charge in [0, 0.05) is 32.3 Å². The zero-order valence-electron chi connectivity index (χ0n) is 11.6. The van der Waals surface area contributed by atoms with Gasteiger partial charge in [0.15, 0.2) is 11.8 Å². The van der Waals surface area contributed by atoms with Gasteiger partial charge in [0.05, 0.1) is 6.54 Å². The number of nitrogens with one attached hydrogen (secondary N) is 2. The molecule has 7 heteroatoms. The normalized spacial score (nSPS) is 15.2. The van der Waals surface area contributed by atoms with Gasteiger partial charge in [-0.1, -0.05) is 0 Å². The number of fused-ring (bicyclic) bond motifs is 1. The van der Waals surface area contributed by atoms with Crippen molar-refractivity contribution in [1.82, 2.24) is 25.4 Å². The van der Waals surface area contributed by atoms with Crippen LogP contribution in [0, 0.1) is 0 Å². The van der Waals surface area contributed by atoms with Crippen LogP contribution < -0.4 is 10.6 Å². The van der Waals surface area contributed by atoms with Crippen molar-refractivity contribution in [3.63, 3.8) is 0 Å². The summed E-state index contributed by atoms with van der Waals surface area (Å²) in [7, 11) is 1.79. The Balaban J connectivity index is 1.85. The van der Waals surface area contributed by atoms with Gasteiger partial charge in [0.1, 0.15) is 5.82 Å². The SMILES string of the molecule is CN=C(NCCSC)NCc1nnc2n1CCCC2. The summed E-state index contributed by atoms with van der Waals surface area (Å²) in [6.07, 6.45) is 5.59. The number of aryl methyl sites for hydroxylation is 1. The summed E-state index contributed by atoms with van der Waals surface area (Å²) in [5, 5.41) is 15.1. The fourth-order valence-corrected chi connectivity index (χ4v) is 2.46. The molecule has 2 rings (SSSR count). The van der Waals surface area contributed by atoms with E-state index in [1.54, 1.807) is 7.05 Å². The molecule has 0 aliphatic carbocycles.